The molecule has 0 fully saturated rings. The van der Waals surface area contributed by atoms with Gasteiger partial charge in [0.25, 0.3) is 0 Å². The highest BCUT2D eigenvalue weighted by molar-refractivity contribution is 6.33. The number of aromatic nitrogens is 2. The molecule has 26 heavy (non-hydrogen) atoms. The van der Waals surface area contributed by atoms with E-state index in [0.29, 0.717) is 17.5 Å². The van der Waals surface area contributed by atoms with E-state index in [0.717, 1.165) is 28.2 Å². The van der Waals surface area contributed by atoms with Gasteiger partial charge in [-0.1, -0.05) is 35.9 Å². The molecule has 4 rings (SSSR count). The fourth-order valence-corrected chi connectivity index (χ4v) is 2.72. The predicted octanol–water partition coefficient (Wildman–Crippen LogP) is 5.65. The van der Waals surface area contributed by atoms with Crippen LogP contribution >= 0.6 is 24.0 Å². The lowest BCUT2D eigenvalue weighted by atomic mass is 10.2. The van der Waals surface area contributed by atoms with Crippen LogP contribution in [-0.4, -0.2) is 9.97 Å². The number of fused-ring (bicyclic) bond motifs is 1. The molecule has 0 radical (unpaired) electrons. The van der Waals surface area contributed by atoms with Crippen LogP contribution in [0.3, 0.4) is 0 Å². The largest absolute Gasteiger partial charge is 0.467 e. The van der Waals surface area contributed by atoms with Crippen molar-refractivity contribution in [3.8, 4) is 0 Å². The molecule has 0 bridgehead atoms. The number of rotatable bonds is 5. The molecule has 2 heterocycles. The molecule has 4 aromatic rings. The minimum atomic E-state index is 0. The van der Waals surface area contributed by atoms with Crippen LogP contribution in [0.15, 0.2) is 71.3 Å². The summed E-state index contributed by atoms with van der Waals surface area (Å²) in [7, 11) is 0. The van der Waals surface area contributed by atoms with Gasteiger partial charge in [0.15, 0.2) is 0 Å². The molecule has 0 aliphatic heterocycles. The van der Waals surface area contributed by atoms with Gasteiger partial charge in [0.05, 0.1) is 29.0 Å². The van der Waals surface area contributed by atoms with Gasteiger partial charge < -0.3 is 15.1 Å². The van der Waals surface area contributed by atoms with Crippen LogP contribution < -0.4 is 10.6 Å². The van der Waals surface area contributed by atoms with Gasteiger partial charge in [-0.3, -0.25) is 0 Å². The number of nitrogens with one attached hydrogen (secondary N) is 2. The molecular weight excluding hydrogens is 371 g/mol. The Kier molecular flexibility index (Phi) is 5.61. The highest BCUT2D eigenvalue weighted by Crippen LogP contribution is 2.27. The van der Waals surface area contributed by atoms with Crippen molar-refractivity contribution < 1.29 is 4.42 Å². The Hall–Kier alpha value is -2.76. The van der Waals surface area contributed by atoms with Crippen molar-refractivity contribution >= 4 is 52.4 Å². The third-order valence-corrected chi connectivity index (χ3v) is 4.06. The van der Waals surface area contributed by atoms with Crippen molar-refractivity contribution in [2.75, 3.05) is 10.6 Å². The number of nitrogens with zero attached hydrogens (tertiary/aromatic N) is 2. The van der Waals surface area contributed by atoms with E-state index in [1.165, 1.54) is 0 Å². The molecule has 0 saturated carbocycles. The maximum Gasteiger partial charge on any atom is 0.229 e. The summed E-state index contributed by atoms with van der Waals surface area (Å²) in [6.07, 6.45) is 1.65. The topological polar surface area (TPSA) is 63.0 Å². The van der Waals surface area contributed by atoms with E-state index in [9.17, 15) is 0 Å². The van der Waals surface area contributed by atoms with E-state index in [1.807, 2.05) is 60.7 Å². The van der Waals surface area contributed by atoms with Gasteiger partial charge >= 0.3 is 0 Å². The van der Waals surface area contributed by atoms with Crippen LogP contribution in [0.25, 0.3) is 10.9 Å². The van der Waals surface area contributed by atoms with Gasteiger partial charge in [-0.25, -0.2) is 4.98 Å². The standard InChI is InChI=1S/C19H15ClN4O.ClH/c20-15-8-2-4-10-17(15)23-19-22-16-9-3-1-7-14(16)18(24-19)21-12-13-6-5-11-25-13;/h1-11H,12H2,(H2,21,22,23,24);1H. The second kappa shape index (κ2) is 8.08. The lowest BCUT2D eigenvalue weighted by molar-refractivity contribution is 0.518. The normalized spacial score (nSPS) is 10.3. The van der Waals surface area contributed by atoms with Crippen LogP contribution in [0.5, 0.6) is 0 Å². The maximum atomic E-state index is 6.21. The Labute approximate surface area is 161 Å². The number of para-hydroxylation sites is 2. The summed E-state index contributed by atoms with van der Waals surface area (Å²) in [6, 6.07) is 19.1. The van der Waals surface area contributed by atoms with E-state index < -0.39 is 0 Å². The second-order valence-corrected chi connectivity index (χ2v) is 5.86. The van der Waals surface area contributed by atoms with Gasteiger partial charge in [-0.15, -0.1) is 12.4 Å². The van der Waals surface area contributed by atoms with Crippen molar-refractivity contribution in [2.24, 2.45) is 0 Å². The average molecular weight is 387 g/mol. The molecule has 0 amide bonds. The number of furan rings is 1. The first-order valence-corrected chi connectivity index (χ1v) is 8.22. The van der Waals surface area contributed by atoms with Gasteiger partial charge in [0.1, 0.15) is 11.6 Å². The second-order valence-electron chi connectivity index (χ2n) is 5.45. The molecule has 2 N–H and O–H groups in total. The van der Waals surface area contributed by atoms with E-state index in [-0.39, 0.29) is 12.4 Å². The molecule has 2 aromatic carbocycles. The van der Waals surface area contributed by atoms with Crippen LogP contribution in [0.1, 0.15) is 5.76 Å². The average Bonchev–Trinajstić information content (AvgIpc) is 3.15. The summed E-state index contributed by atoms with van der Waals surface area (Å²) in [6.45, 7) is 0.541. The zero-order valence-electron chi connectivity index (χ0n) is 13.6. The molecule has 7 heteroatoms. The number of benzene rings is 2. The summed E-state index contributed by atoms with van der Waals surface area (Å²) >= 11 is 6.21. The molecule has 0 unspecified atom stereocenters. The predicted molar refractivity (Wildman–Crippen MR) is 108 cm³/mol. The molecule has 0 spiro atoms. The smallest absolute Gasteiger partial charge is 0.229 e. The zero-order chi connectivity index (χ0) is 17.1. The Morgan fingerprint density at radius 3 is 2.54 bits per heavy atom. The van der Waals surface area contributed by atoms with E-state index in [2.05, 4.69) is 20.6 Å². The first-order valence-electron chi connectivity index (χ1n) is 7.84. The van der Waals surface area contributed by atoms with E-state index >= 15 is 0 Å². The Balaban J connectivity index is 0.00000196. The SMILES string of the molecule is Cl.Clc1ccccc1Nc1nc(NCc2ccco2)c2ccccc2n1. The number of hydrogen-bond acceptors (Lipinski definition) is 5. The highest BCUT2D eigenvalue weighted by Gasteiger charge is 2.09. The van der Waals surface area contributed by atoms with Crippen molar-refractivity contribution in [3.05, 3.63) is 77.7 Å². The minimum Gasteiger partial charge on any atom is -0.467 e. The summed E-state index contributed by atoms with van der Waals surface area (Å²) in [5, 5.41) is 8.05. The summed E-state index contributed by atoms with van der Waals surface area (Å²) in [5.74, 6) is 2.05. The highest BCUT2D eigenvalue weighted by atomic mass is 35.5. The number of halogens is 2. The van der Waals surface area contributed by atoms with Crippen LogP contribution in [0, 0.1) is 0 Å². The van der Waals surface area contributed by atoms with E-state index in [4.69, 9.17) is 16.0 Å². The minimum absolute atomic E-state index is 0. The monoisotopic (exact) mass is 386 g/mol. The lowest BCUT2D eigenvalue weighted by Gasteiger charge is -2.12. The van der Waals surface area contributed by atoms with Crippen LogP contribution in [-0.2, 0) is 6.54 Å². The fourth-order valence-electron chi connectivity index (χ4n) is 2.53. The molecule has 132 valence electrons. The van der Waals surface area contributed by atoms with Gasteiger partial charge in [0.2, 0.25) is 5.95 Å². The lowest BCUT2D eigenvalue weighted by Crippen LogP contribution is -2.05. The molecule has 0 aliphatic carbocycles. The Bertz CT molecular complexity index is 1010. The van der Waals surface area contributed by atoms with Gasteiger partial charge in [0, 0.05) is 5.39 Å². The number of anilines is 3. The third kappa shape index (κ3) is 3.90. The molecular formula is C19H16Cl2N4O. The van der Waals surface area contributed by atoms with Gasteiger partial charge in [-0.05, 0) is 36.4 Å². The molecule has 0 aliphatic rings. The summed E-state index contributed by atoms with van der Waals surface area (Å²) in [4.78, 5) is 9.18. The quantitative estimate of drug-likeness (QED) is 0.463. The summed E-state index contributed by atoms with van der Waals surface area (Å²) < 4.78 is 5.37. The van der Waals surface area contributed by atoms with Crippen LogP contribution in [0.4, 0.5) is 17.5 Å². The number of hydrogen-bond donors (Lipinski definition) is 2. The van der Waals surface area contributed by atoms with Crippen molar-refractivity contribution in [1.29, 1.82) is 0 Å². The Morgan fingerprint density at radius 2 is 1.73 bits per heavy atom. The van der Waals surface area contributed by atoms with Crippen LogP contribution in [0.2, 0.25) is 5.02 Å². The van der Waals surface area contributed by atoms with Crippen molar-refractivity contribution in [1.82, 2.24) is 9.97 Å². The zero-order valence-corrected chi connectivity index (χ0v) is 15.2. The first kappa shape index (κ1) is 18.0. The molecule has 0 atom stereocenters. The molecule has 2 aromatic heterocycles. The van der Waals surface area contributed by atoms with Gasteiger partial charge in [-0.2, -0.15) is 4.98 Å². The van der Waals surface area contributed by atoms with Crippen molar-refractivity contribution in [3.63, 3.8) is 0 Å². The summed E-state index contributed by atoms with van der Waals surface area (Å²) in [5.41, 5.74) is 1.60. The first-order chi connectivity index (χ1) is 12.3. The Morgan fingerprint density at radius 1 is 0.923 bits per heavy atom. The molecule has 5 nitrogen and oxygen atoms in total. The third-order valence-electron chi connectivity index (χ3n) is 3.73. The van der Waals surface area contributed by atoms with E-state index in [1.54, 1.807) is 6.26 Å². The van der Waals surface area contributed by atoms with Crippen molar-refractivity contribution in [2.45, 2.75) is 6.54 Å². The maximum absolute atomic E-state index is 6.21. The fraction of sp³-hybridized carbons (Fsp3) is 0.0526. The molecule has 0 saturated heterocycles.